The van der Waals surface area contributed by atoms with E-state index in [1.165, 1.54) is 25.0 Å². The summed E-state index contributed by atoms with van der Waals surface area (Å²) in [5, 5.41) is 3.90. The van der Waals surface area contributed by atoms with Crippen molar-refractivity contribution in [1.29, 1.82) is 0 Å². The second-order valence-corrected chi connectivity index (χ2v) is 7.79. The van der Waals surface area contributed by atoms with Gasteiger partial charge < -0.3 is 13.8 Å². The van der Waals surface area contributed by atoms with E-state index < -0.39 is 6.49 Å². The SMILES string of the molecule is CCCOP(=S)(CC)Oc1cnn(C)c(=O)c1OC. The maximum atomic E-state index is 11.8. The Labute approximate surface area is 117 Å². The van der Waals surface area contributed by atoms with Crippen molar-refractivity contribution >= 4 is 18.3 Å². The van der Waals surface area contributed by atoms with E-state index in [0.717, 1.165) is 6.42 Å². The highest BCUT2D eigenvalue weighted by Gasteiger charge is 2.22. The number of ether oxygens (including phenoxy) is 1. The maximum Gasteiger partial charge on any atom is 0.312 e. The van der Waals surface area contributed by atoms with Crippen molar-refractivity contribution < 1.29 is 13.8 Å². The number of nitrogens with zero attached hydrogens (tertiary/aromatic N) is 2. The van der Waals surface area contributed by atoms with Crippen molar-refractivity contribution in [3.63, 3.8) is 0 Å². The third-order valence-electron chi connectivity index (χ3n) is 2.38. The molecule has 0 amide bonds. The first-order chi connectivity index (χ1) is 8.97. The fourth-order valence-corrected chi connectivity index (χ4v) is 3.04. The molecule has 108 valence electrons. The third-order valence-corrected chi connectivity index (χ3v) is 5.52. The number of rotatable bonds is 7. The van der Waals surface area contributed by atoms with Crippen LogP contribution in [0.2, 0.25) is 0 Å². The molecule has 0 aromatic carbocycles. The molecule has 0 fully saturated rings. The van der Waals surface area contributed by atoms with Crippen molar-refractivity contribution in [2.45, 2.75) is 20.3 Å². The van der Waals surface area contributed by atoms with Crippen LogP contribution >= 0.6 is 6.49 Å². The topological polar surface area (TPSA) is 62.6 Å². The van der Waals surface area contributed by atoms with Crippen LogP contribution in [0.25, 0.3) is 0 Å². The Morgan fingerprint density at radius 3 is 2.68 bits per heavy atom. The average molecular weight is 306 g/mol. The summed E-state index contributed by atoms with van der Waals surface area (Å²) in [5.74, 6) is 0.340. The van der Waals surface area contributed by atoms with E-state index in [4.69, 9.17) is 25.6 Å². The van der Waals surface area contributed by atoms with Crippen LogP contribution in [0.4, 0.5) is 0 Å². The lowest BCUT2D eigenvalue weighted by atomic mass is 10.5. The molecule has 8 heteroatoms. The lowest BCUT2D eigenvalue weighted by Crippen LogP contribution is -2.21. The Morgan fingerprint density at radius 2 is 2.16 bits per heavy atom. The second kappa shape index (κ2) is 7.03. The van der Waals surface area contributed by atoms with Gasteiger partial charge in [0.25, 0.3) is 0 Å². The van der Waals surface area contributed by atoms with E-state index >= 15 is 0 Å². The van der Waals surface area contributed by atoms with Gasteiger partial charge in [0.2, 0.25) is 12.2 Å². The minimum absolute atomic E-state index is 0.0975. The van der Waals surface area contributed by atoms with Gasteiger partial charge in [0, 0.05) is 13.2 Å². The second-order valence-electron chi connectivity index (χ2n) is 3.82. The standard InChI is InChI=1S/C11H19N2O4PS/c1-5-7-16-18(19,6-2)17-9-8-12-13(3)11(14)10(9)15-4/h8H,5-7H2,1-4H3. The zero-order valence-electron chi connectivity index (χ0n) is 11.6. The Balaban J connectivity index is 3.07. The molecule has 0 N–H and O–H groups in total. The van der Waals surface area contributed by atoms with Gasteiger partial charge in [0.15, 0.2) is 5.75 Å². The summed E-state index contributed by atoms with van der Waals surface area (Å²) in [6.45, 7) is 1.98. The van der Waals surface area contributed by atoms with E-state index in [1.807, 2.05) is 13.8 Å². The van der Waals surface area contributed by atoms with Gasteiger partial charge in [0.05, 0.1) is 19.9 Å². The maximum absolute atomic E-state index is 11.8. The summed E-state index contributed by atoms with van der Waals surface area (Å²) in [4.78, 5) is 11.8. The molecule has 1 aromatic heterocycles. The molecule has 0 aliphatic carbocycles. The Morgan fingerprint density at radius 1 is 1.47 bits per heavy atom. The van der Waals surface area contributed by atoms with E-state index in [9.17, 15) is 4.79 Å². The van der Waals surface area contributed by atoms with Crippen LogP contribution in [-0.4, -0.2) is 29.7 Å². The molecule has 0 saturated carbocycles. The number of methoxy groups -OCH3 is 1. The normalized spacial score (nSPS) is 13.9. The van der Waals surface area contributed by atoms with E-state index in [2.05, 4.69) is 5.10 Å². The zero-order chi connectivity index (χ0) is 14.5. The highest BCUT2D eigenvalue weighted by molar-refractivity contribution is 8.10. The summed E-state index contributed by atoms with van der Waals surface area (Å²) >= 11 is 5.41. The van der Waals surface area contributed by atoms with Crippen LogP contribution in [0.1, 0.15) is 20.3 Å². The fraction of sp³-hybridized carbons (Fsp3) is 0.636. The molecule has 0 bridgehead atoms. The van der Waals surface area contributed by atoms with E-state index in [0.29, 0.717) is 12.8 Å². The van der Waals surface area contributed by atoms with Crippen LogP contribution in [0.15, 0.2) is 11.0 Å². The average Bonchev–Trinajstić information content (AvgIpc) is 2.41. The summed E-state index contributed by atoms with van der Waals surface area (Å²) < 4.78 is 17.6. The van der Waals surface area contributed by atoms with E-state index in [-0.39, 0.29) is 17.1 Å². The molecule has 0 saturated heterocycles. The first kappa shape index (κ1) is 16.1. The molecule has 1 atom stereocenters. The molecular weight excluding hydrogens is 287 g/mol. The molecule has 1 rings (SSSR count). The van der Waals surface area contributed by atoms with Gasteiger partial charge in [-0.25, -0.2) is 4.68 Å². The third kappa shape index (κ3) is 4.03. The lowest BCUT2D eigenvalue weighted by Gasteiger charge is -2.22. The molecule has 0 radical (unpaired) electrons. The van der Waals surface area contributed by atoms with Gasteiger partial charge in [-0.3, -0.25) is 4.79 Å². The number of hydrogen-bond acceptors (Lipinski definition) is 6. The predicted octanol–water partition coefficient (Wildman–Crippen LogP) is 1.92. The smallest absolute Gasteiger partial charge is 0.312 e. The van der Waals surface area contributed by atoms with Gasteiger partial charge in [-0.1, -0.05) is 13.8 Å². The quantitative estimate of drug-likeness (QED) is 0.717. The van der Waals surface area contributed by atoms with Gasteiger partial charge in [-0.05, 0) is 18.2 Å². The predicted molar refractivity (Wildman–Crippen MR) is 77.7 cm³/mol. The molecule has 6 nitrogen and oxygen atoms in total. The highest BCUT2D eigenvalue weighted by Crippen LogP contribution is 2.49. The highest BCUT2D eigenvalue weighted by atomic mass is 32.5. The summed E-state index contributed by atoms with van der Waals surface area (Å²) in [7, 11) is 2.95. The van der Waals surface area contributed by atoms with E-state index in [1.54, 1.807) is 0 Å². The van der Waals surface area contributed by atoms with Crippen molar-refractivity contribution in [3.8, 4) is 11.5 Å². The zero-order valence-corrected chi connectivity index (χ0v) is 13.3. The van der Waals surface area contributed by atoms with Gasteiger partial charge in [0.1, 0.15) is 0 Å². The number of aromatic nitrogens is 2. The first-order valence-corrected chi connectivity index (χ1v) is 8.83. The lowest BCUT2D eigenvalue weighted by molar-refractivity contribution is 0.305. The first-order valence-electron chi connectivity index (χ1n) is 6.01. The van der Waals surface area contributed by atoms with Crippen molar-refractivity contribution in [3.05, 3.63) is 16.6 Å². The fourth-order valence-electron chi connectivity index (χ4n) is 1.32. The molecule has 1 heterocycles. The molecule has 0 aliphatic rings. The van der Waals surface area contributed by atoms with Crippen LogP contribution in [0.5, 0.6) is 11.5 Å². The monoisotopic (exact) mass is 306 g/mol. The summed E-state index contributed by atoms with van der Waals surface area (Å²) in [6.07, 6.45) is 2.85. The summed E-state index contributed by atoms with van der Waals surface area (Å²) in [6, 6.07) is 0. The summed E-state index contributed by atoms with van der Waals surface area (Å²) in [5.41, 5.74) is -0.367. The van der Waals surface area contributed by atoms with Crippen LogP contribution in [0.3, 0.4) is 0 Å². The molecule has 0 spiro atoms. The van der Waals surface area contributed by atoms with Gasteiger partial charge in [-0.2, -0.15) is 5.10 Å². The Hall–Kier alpha value is -0.910. The van der Waals surface area contributed by atoms with Gasteiger partial charge in [-0.15, -0.1) is 0 Å². The molecule has 1 unspecified atom stereocenters. The Kier molecular flexibility index (Phi) is 5.97. The van der Waals surface area contributed by atoms with Crippen LogP contribution < -0.4 is 14.8 Å². The van der Waals surface area contributed by atoms with Crippen molar-refractivity contribution in [1.82, 2.24) is 9.78 Å². The minimum Gasteiger partial charge on any atom is -0.488 e. The molecule has 1 aromatic rings. The van der Waals surface area contributed by atoms with Crippen molar-refractivity contribution in [2.24, 2.45) is 7.05 Å². The molecular formula is C11H19N2O4PS. The molecule has 0 aliphatic heterocycles. The van der Waals surface area contributed by atoms with Crippen LogP contribution in [0, 0.1) is 0 Å². The number of hydrogen-bond donors (Lipinski definition) is 0. The Bertz CT molecular complexity index is 532. The number of aryl methyl sites for hydroxylation is 1. The van der Waals surface area contributed by atoms with Gasteiger partial charge >= 0.3 is 5.56 Å². The van der Waals surface area contributed by atoms with Crippen LogP contribution in [-0.2, 0) is 23.4 Å². The molecule has 19 heavy (non-hydrogen) atoms. The van der Waals surface area contributed by atoms with Crippen molar-refractivity contribution in [2.75, 3.05) is 19.9 Å². The minimum atomic E-state index is -2.45. The largest absolute Gasteiger partial charge is 0.488 e.